The number of hydrogen-bond acceptors (Lipinski definition) is 5. The highest BCUT2D eigenvalue weighted by Crippen LogP contribution is 2.40. The van der Waals surface area contributed by atoms with Crippen molar-refractivity contribution in [1.29, 1.82) is 0 Å². The Bertz CT molecular complexity index is 1480. The largest absolute Gasteiger partial charge is 0.493 e. The zero-order valence-corrected chi connectivity index (χ0v) is 21.0. The molecule has 0 spiro atoms. The minimum atomic E-state index is -0.333. The molecule has 4 aromatic carbocycles. The average Bonchev–Trinajstić information content (AvgIpc) is 3.15. The molecule has 0 radical (unpaired) electrons. The van der Waals surface area contributed by atoms with Crippen LogP contribution in [-0.2, 0) is 17.9 Å². The molecule has 0 N–H and O–H groups in total. The van der Waals surface area contributed by atoms with Gasteiger partial charge in [0.15, 0.2) is 11.5 Å². The molecule has 1 aliphatic heterocycles. The minimum absolute atomic E-state index is 0.230. The molecule has 0 aliphatic carbocycles. The number of ether oxygens (including phenoxy) is 2. The van der Waals surface area contributed by atoms with Crippen LogP contribution < -0.4 is 9.47 Å². The second-order valence-electron chi connectivity index (χ2n) is 8.21. The Morgan fingerprint density at radius 3 is 2.50 bits per heavy atom. The van der Waals surface area contributed by atoms with Crippen molar-refractivity contribution in [3.05, 3.63) is 112 Å². The Morgan fingerprint density at radius 2 is 1.69 bits per heavy atom. The molecule has 2 amide bonds. The van der Waals surface area contributed by atoms with Crippen molar-refractivity contribution in [2.45, 2.75) is 13.2 Å². The van der Waals surface area contributed by atoms with E-state index in [2.05, 4.69) is 18.2 Å². The van der Waals surface area contributed by atoms with E-state index in [9.17, 15) is 9.59 Å². The summed E-state index contributed by atoms with van der Waals surface area (Å²) in [7, 11) is 1.54. The quantitative estimate of drug-likeness (QED) is 0.241. The van der Waals surface area contributed by atoms with E-state index in [1.807, 2.05) is 54.6 Å². The number of carbonyl (C=O) groups is 2. The molecule has 5 rings (SSSR count). The van der Waals surface area contributed by atoms with Crippen LogP contribution in [-0.4, -0.2) is 23.2 Å². The Hall–Kier alpha value is -3.74. The summed E-state index contributed by atoms with van der Waals surface area (Å²) in [5, 5.41) is 2.29. The molecule has 5 nitrogen and oxygen atoms in total. The number of amides is 2. The van der Waals surface area contributed by atoms with Gasteiger partial charge in [-0.15, -0.1) is 0 Å². The van der Waals surface area contributed by atoms with Crippen LogP contribution >= 0.6 is 23.4 Å². The fraction of sp³-hybridized carbons (Fsp3) is 0.103. The van der Waals surface area contributed by atoms with Crippen LogP contribution in [0.3, 0.4) is 0 Å². The van der Waals surface area contributed by atoms with E-state index in [0.717, 1.165) is 33.7 Å². The van der Waals surface area contributed by atoms with E-state index in [1.54, 1.807) is 18.2 Å². The average molecular weight is 516 g/mol. The molecule has 0 atom stereocenters. The van der Waals surface area contributed by atoms with Crippen LogP contribution in [0.5, 0.6) is 11.5 Å². The van der Waals surface area contributed by atoms with Gasteiger partial charge in [-0.05, 0) is 57.4 Å². The summed E-state index contributed by atoms with van der Waals surface area (Å²) in [6, 6.07) is 27.0. The van der Waals surface area contributed by atoms with Crippen LogP contribution in [0, 0.1) is 0 Å². The number of thioether (sulfide) groups is 1. The van der Waals surface area contributed by atoms with Crippen molar-refractivity contribution in [1.82, 2.24) is 4.90 Å². The van der Waals surface area contributed by atoms with Crippen LogP contribution in [0.4, 0.5) is 4.79 Å². The zero-order chi connectivity index (χ0) is 25.1. The Morgan fingerprint density at radius 1 is 0.944 bits per heavy atom. The standard InChI is InChI=1S/C29H22ClNO4S/c1-34-25-15-20(16-26-28(32)31(29(33)36-26)17-19-8-3-2-4-9-19)14-24(30)27(25)35-18-22-12-7-11-21-10-5-6-13-23(21)22/h2-16H,17-18H2,1H3/b26-16-. The van der Waals surface area contributed by atoms with Crippen molar-refractivity contribution in [3.63, 3.8) is 0 Å². The molecule has 4 aromatic rings. The number of hydrogen-bond donors (Lipinski definition) is 0. The van der Waals surface area contributed by atoms with Gasteiger partial charge in [0.1, 0.15) is 6.61 Å². The number of nitrogens with zero attached hydrogens (tertiary/aromatic N) is 1. The molecular formula is C29H22ClNO4S. The van der Waals surface area contributed by atoms with Gasteiger partial charge in [0.2, 0.25) is 0 Å². The lowest BCUT2D eigenvalue weighted by Crippen LogP contribution is -2.27. The molecule has 1 fully saturated rings. The van der Waals surface area contributed by atoms with Gasteiger partial charge < -0.3 is 9.47 Å². The van der Waals surface area contributed by atoms with Crippen LogP contribution in [0.15, 0.2) is 89.8 Å². The summed E-state index contributed by atoms with van der Waals surface area (Å²) in [5.41, 5.74) is 2.56. The minimum Gasteiger partial charge on any atom is -0.493 e. The number of rotatable bonds is 7. The van der Waals surface area contributed by atoms with Gasteiger partial charge in [-0.2, -0.15) is 0 Å². The van der Waals surface area contributed by atoms with Crippen molar-refractivity contribution in [2.75, 3.05) is 7.11 Å². The number of halogens is 1. The van der Waals surface area contributed by atoms with Gasteiger partial charge in [-0.1, -0.05) is 84.4 Å². The zero-order valence-electron chi connectivity index (χ0n) is 19.4. The smallest absolute Gasteiger partial charge is 0.293 e. The first kappa shape index (κ1) is 24.0. The lowest BCUT2D eigenvalue weighted by Gasteiger charge is -2.15. The van der Waals surface area contributed by atoms with Gasteiger partial charge in [0.05, 0.1) is 23.6 Å². The molecule has 36 heavy (non-hydrogen) atoms. The fourth-order valence-electron chi connectivity index (χ4n) is 4.09. The monoisotopic (exact) mass is 515 g/mol. The molecule has 1 saturated heterocycles. The topological polar surface area (TPSA) is 55.8 Å². The number of methoxy groups -OCH3 is 1. The van der Waals surface area contributed by atoms with Crippen LogP contribution in [0.2, 0.25) is 5.02 Å². The first-order valence-electron chi connectivity index (χ1n) is 11.3. The predicted molar refractivity (Wildman–Crippen MR) is 144 cm³/mol. The number of fused-ring (bicyclic) bond motifs is 1. The highest BCUT2D eigenvalue weighted by atomic mass is 35.5. The van der Waals surface area contributed by atoms with Gasteiger partial charge in [-0.25, -0.2) is 0 Å². The Balaban J connectivity index is 1.37. The van der Waals surface area contributed by atoms with Crippen molar-refractivity contribution in [2.24, 2.45) is 0 Å². The van der Waals surface area contributed by atoms with Crippen molar-refractivity contribution >= 4 is 51.4 Å². The number of imide groups is 1. The highest BCUT2D eigenvalue weighted by molar-refractivity contribution is 8.18. The molecule has 1 aliphatic rings. The highest BCUT2D eigenvalue weighted by Gasteiger charge is 2.35. The molecule has 0 unspecified atom stereocenters. The lowest BCUT2D eigenvalue weighted by molar-refractivity contribution is -0.123. The first-order valence-corrected chi connectivity index (χ1v) is 12.5. The van der Waals surface area contributed by atoms with E-state index in [-0.39, 0.29) is 17.7 Å². The summed E-state index contributed by atoms with van der Waals surface area (Å²) < 4.78 is 11.6. The third-order valence-electron chi connectivity index (χ3n) is 5.86. The van der Waals surface area contributed by atoms with E-state index in [0.29, 0.717) is 33.6 Å². The third-order valence-corrected chi connectivity index (χ3v) is 7.05. The fourth-order valence-corrected chi connectivity index (χ4v) is 5.20. The molecule has 0 aromatic heterocycles. The normalized spacial score (nSPS) is 14.6. The predicted octanol–water partition coefficient (Wildman–Crippen LogP) is 7.32. The number of benzene rings is 4. The Labute approximate surface area is 218 Å². The lowest BCUT2D eigenvalue weighted by atomic mass is 10.1. The van der Waals surface area contributed by atoms with Gasteiger partial charge >= 0.3 is 0 Å². The second-order valence-corrected chi connectivity index (χ2v) is 9.61. The molecule has 0 saturated carbocycles. The maximum Gasteiger partial charge on any atom is 0.293 e. The third kappa shape index (κ3) is 4.96. The van der Waals surface area contributed by atoms with Crippen molar-refractivity contribution < 1.29 is 19.1 Å². The molecule has 180 valence electrons. The van der Waals surface area contributed by atoms with Crippen LogP contribution in [0.1, 0.15) is 16.7 Å². The van der Waals surface area contributed by atoms with Gasteiger partial charge in [-0.3, -0.25) is 14.5 Å². The summed E-state index contributed by atoms with van der Waals surface area (Å²) >= 11 is 7.49. The van der Waals surface area contributed by atoms with Gasteiger partial charge in [0.25, 0.3) is 11.1 Å². The van der Waals surface area contributed by atoms with Gasteiger partial charge in [0, 0.05) is 0 Å². The van der Waals surface area contributed by atoms with Crippen molar-refractivity contribution in [3.8, 4) is 11.5 Å². The van der Waals surface area contributed by atoms with E-state index in [4.69, 9.17) is 21.1 Å². The van der Waals surface area contributed by atoms with E-state index >= 15 is 0 Å². The Kier molecular flexibility index (Phi) is 6.98. The second kappa shape index (κ2) is 10.5. The van der Waals surface area contributed by atoms with E-state index < -0.39 is 0 Å². The molecular weight excluding hydrogens is 494 g/mol. The SMILES string of the molecule is COc1cc(/C=C2\SC(=O)N(Cc3ccccc3)C2=O)cc(Cl)c1OCc1cccc2ccccc12. The molecule has 1 heterocycles. The number of carbonyl (C=O) groups excluding carboxylic acids is 2. The summed E-state index contributed by atoms with van der Waals surface area (Å²) in [4.78, 5) is 27.0. The summed E-state index contributed by atoms with van der Waals surface area (Å²) in [6.45, 7) is 0.545. The molecule has 0 bridgehead atoms. The summed E-state index contributed by atoms with van der Waals surface area (Å²) in [5.74, 6) is 0.527. The maximum absolute atomic E-state index is 12.9. The maximum atomic E-state index is 12.9. The van der Waals surface area contributed by atoms with Crippen LogP contribution in [0.25, 0.3) is 16.8 Å². The molecule has 7 heteroatoms. The first-order chi connectivity index (χ1) is 17.5. The van der Waals surface area contributed by atoms with E-state index in [1.165, 1.54) is 12.0 Å². The summed E-state index contributed by atoms with van der Waals surface area (Å²) in [6.07, 6.45) is 1.65.